The number of hydrogen-bond acceptors (Lipinski definition) is 2. The van der Waals surface area contributed by atoms with Gasteiger partial charge in [-0.1, -0.05) is 51.1 Å². The van der Waals surface area contributed by atoms with Crippen LogP contribution in [0, 0.1) is 0 Å². The molecule has 0 aliphatic rings. The summed E-state index contributed by atoms with van der Waals surface area (Å²) in [7, 11) is 1.77. The van der Waals surface area contributed by atoms with Gasteiger partial charge in [-0.25, -0.2) is 0 Å². The maximum absolute atomic E-state index is 4.29. The third-order valence-electron chi connectivity index (χ3n) is 3.67. The normalized spacial score (nSPS) is 11.6. The SMILES string of the molecule is CN=C(NCc1ccc(C(C)(C)C)cc1)NCc1ccccn1.I. The first kappa shape index (κ1) is 20.4. The molecule has 130 valence electrons. The Kier molecular flexibility index (Phi) is 8.18. The number of nitrogens with one attached hydrogen (secondary N) is 2. The molecule has 0 bridgehead atoms. The van der Waals surface area contributed by atoms with Gasteiger partial charge in [0.2, 0.25) is 0 Å². The van der Waals surface area contributed by atoms with Crippen molar-refractivity contribution in [2.75, 3.05) is 7.05 Å². The molecule has 2 rings (SSSR count). The molecular formula is C19H27IN4. The van der Waals surface area contributed by atoms with Gasteiger partial charge in [-0.2, -0.15) is 0 Å². The van der Waals surface area contributed by atoms with Crippen LogP contribution in [0.4, 0.5) is 0 Å². The molecule has 2 N–H and O–H groups in total. The summed E-state index contributed by atoms with van der Waals surface area (Å²) in [6, 6.07) is 14.6. The molecule has 1 aromatic carbocycles. The fraction of sp³-hybridized carbons (Fsp3) is 0.368. The van der Waals surface area contributed by atoms with Crippen LogP contribution < -0.4 is 10.6 Å². The molecule has 0 aliphatic heterocycles. The monoisotopic (exact) mass is 438 g/mol. The van der Waals surface area contributed by atoms with Crippen LogP contribution >= 0.6 is 24.0 Å². The second-order valence-electron chi connectivity index (χ2n) is 6.55. The van der Waals surface area contributed by atoms with Gasteiger partial charge in [0.25, 0.3) is 0 Å². The van der Waals surface area contributed by atoms with Gasteiger partial charge < -0.3 is 10.6 Å². The minimum Gasteiger partial charge on any atom is -0.352 e. The molecule has 0 spiro atoms. The molecule has 1 aromatic heterocycles. The minimum absolute atomic E-state index is 0. The number of aromatic nitrogens is 1. The smallest absolute Gasteiger partial charge is 0.191 e. The molecule has 2 aromatic rings. The first-order chi connectivity index (χ1) is 11.0. The zero-order valence-electron chi connectivity index (χ0n) is 14.8. The molecule has 1 heterocycles. The number of rotatable bonds is 4. The lowest BCUT2D eigenvalue weighted by molar-refractivity contribution is 0.590. The molecule has 4 nitrogen and oxygen atoms in total. The summed E-state index contributed by atoms with van der Waals surface area (Å²) in [5.74, 6) is 0.774. The summed E-state index contributed by atoms with van der Waals surface area (Å²) < 4.78 is 0. The van der Waals surface area contributed by atoms with Crippen molar-refractivity contribution < 1.29 is 0 Å². The van der Waals surface area contributed by atoms with Crippen LogP contribution in [0.2, 0.25) is 0 Å². The van der Waals surface area contributed by atoms with Crippen molar-refractivity contribution in [2.45, 2.75) is 39.3 Å². The summed E-state index contributed by atoms with van der Waals surface area (Å²) in [5, 5.41) is 6.59. The highest BCUT2D eigenvalue weighted by atomic mass is 127. The lowest BCUT2D eigenvalue weighted by Gasteiger charge is -2.19. The Morgan fingerprint density at radius 2 is 1.67 bits per heavy atom. The maximum atomic E-state index is 4.29. The molecule has 0 unspecified atom stereocenters. The number of halogens is 1. The van der Waals surface area contributed by atoms with Crippen LogP contribution in [0.3, 0.4) is 0 Å². The quantitative estimate of drug-likeness (QED) is 0.433. The van der Waals surface area contributed by atoms with E-state index in [-0.39, 0.29) is 29.4 Å². The van der Waals surface area contributed by atoms with E-state index < -0.39 is 0 Å². The third-order valence-corrected chi connectivity index (χ3v) is 3.67. The number of aliphatic imine (C=N–C) groups is 1. The fourth-order valence-corrected chi connectivity index (χ4v) is 2.21. The van der Waals surface area contributed by atoms with Crippen LogP contribution in [0.1, 0.15) is 37.6 Å². The van der Waals surface area contributed by atoms with Crippen molar-refractivity contribution in [1.82, 2.24) is 15.6 Å². The Labute approximate surface area is 162 Å². The number of benzene rings is 1. The standard InChI is InChI=1S/C19H26N4.HI/c1-19(2,3)16-10-8-15(9-11-16)13-22-18(20-4)23-14-17-7-5-6-12-21-17;/h5-12H,13-14H2,1-4H3,(H2,20,22,23);1H. The average Bonchev–Trinajstić information content (AvgIpc) is 2.55. The van der Waals surface area contributed by atoms with Crippen molar-refractivity contribution in [3.05, 3.63) is 65.5 Å². The first-order valence-corrected chi connectivity index (χ1v) is 7.93. The number of hydrogen-bond donors (Lipinski definition) is 2. The zero-order chi connectivity index (χ0) is 16.7. The molecular weight excluding hydrogens is 411 g/mol. The minimum atomic E-state index is 0. The molecule has 0 fully saturated rings. The van der Waals surface area contributed by atoms with Crippen molar-refractivity contribution in [1.29, 1.82) is 0 Å². The maximum Gasteiger partial charge on any atom is 0.191 e. The van der Waals surface area contributed by atoms with E-state index in [1.54, 1.807) is 13.2 Å². The lowest BCUT2D eigenvalue weighted by atomic mass is 9.87. The summed E-state index contributed by atoms with van der Waals surface area (Å²) in [4.78, 5) is 8.53. The average molecular weight is 438 g/mol. The van der Waals surface area contributed by atoms with E-state index in [0.29, 0.717) is 6.54 Å². The molecule has 0 saturated carbocycles. The van der Waals surface area contributed by atoms with Crippen molar-refractivity contribution in [3.63, 3.8) is 0 Å². The second kappa shape index (κ2) is 9.61. The van der Waals surface area contributed by atoms with Crippen molar-refractivity contribution in [3.8, 4) is 0 Å². The highest BCUT2D eigenvalue weighted by molar-refractivity contribution is 14.0. The zero-order valence-corrected chi connectivity index (χ0v) is 17.2. The Hall–Kier alpha value is -1.63. The van der Waals surface area contributed by atoms with Crippen LogP contribution in [0.5, 0.6) is 0 Å². The van der Waals surface area contributed by atoms with E-state index in [1.807, 2.05) is 18.2 Å². The van der Waals surface area contributed by atoms with Gasteiger partial charge in [0, 0.05) is 19.8 Å². The number of guanidine groups is 1. The Morgan fingerprint density at radius 3 is 2.21 bits per heavy atom. The molecule has 5 heteroatoms. The van der Waals surface area contributed by atoms with Gasteiger partial charge in [0.1, 0.15) is 0 Å². The van der Waals surface area contributed by atoms with E-state index in [0.717, 1.165) is 18.2 Å². The van der Waals surface area contributed by atoms with Crippen LogP contribution in [0.15, 0.2) is 53.7 Å². The molecule has 0 amide bonds. The van der Waals surface area contributed by atoms with Gasteiger partial charge >= 0.3 is 0 Å². The van der Waals surface area contributed by atoms with Crippen LogP contribution in [-0.2, 0) is 18.5 Å². The van der Waals surface area contributed by atoms with E-state index in [1.165, 1.54) is 11.1 Å². The van der Waals surface area contributed by atoms with E-state index >= 15 is 0 Å². The largest absolute Gasteiger partial charge is 0.352 e. The second-order valence-corrected chi connectivity index (χ2v) is 6.55. The van der Waals surface area contributed by atoms with Crippen molar-refractivity contribution >= 4 is 29.9 Å². The Bertz CT molecular complexity index is 631. The summed E-state index contributed by atoms with van der Waals surface area (Å²) in [6.45, 7) is 8.08. The van der Waals surface area contributed by atoms with Crippen LogP contribution in [0.25, 0.3) is 0 Å². The van der Waals surface area contributed by atoms with E-state index in [2.05, 4.69) is 65.6 Å². The Balaban J connectivity index is 0.00000288. The van der Waals surface area contributed by atoms with Gasteiger partial charge in [0.05, 0.1) is 12.2 Å². The molecule has 0 aliphatic carbocycles. The highest BCUT2D eigenvalue weighted by Crippen LogP contribution is 2.22. The lowest BCUT2D eigenvalue weighted by Crippen LogP contribution is -2.36. The van der Waals surface area contributed by atoms with Gasteiger partial charge in [-0.3, -0.25) is 9.98 Å². The van der Waals surface area contributed by atoms with E-state index in [4.69, 9.17) is 0 Å². The van der Waals surface area contributed by atoms with Gasteiger partial charge in [0.15, 0.2) is 5.96 Å². The molecule has 0 radical (unpaired) electrons. The molecule has 24 heavy (non-hydrogen) atoms. The van der Waals surface area contributed by atoms with Crippen molar-refractivity contribution in [2.24, 2.45) is 4.99 Å². The van der Waals surface area contributed by atoms with Crippen LogP contribution in [-0.4, -0.2) is 18.0 Å². The highest BCUT2D eigenvalue weighted by Gasteiger charge is 2.12. The van der Waals surface area contributed by atoms with Gasteiger partial charge in [-0.05, 0) is 28.7 Å². The number of nitrogens with zero attached hydrogens (tertiary/aromatic N) is 2. The first-order valence-electron chi connectivity index (χ1n) is 7.93. The predicted octanol–water partition coefficient (Wildman–Crippen LogP) is 3.86. The topological polar surface area (TPSA) is 49.3 Å². The third kappa shape index (κ3) is 6.47. The summed E-state index contributed by atoms with van der Waals surface area (Å²) in [6.07, 6.45) is 1.80. The Morgan fingerprint density at radius 1 is 1.00 bits per heavy atom. The predicted molar refractivity (Wildman–Crippen MR) is 112 cm³/mol. The fourth-order valence-electron chi connectivity index (χ4n) is 2.21. The van der Waals surface area contributed by atoms with Gasteiger partial charge in [-0.15, -0.1) is 24.0 Å². The number of pyridine rings is 1. The summed E-state index contributed by atoms with van der Waals surface area (Å²) in [5.41, 5.74) is 3.76. The summed E-state index contributed by atoms with van der Waals surface area (Å²) >= 11 is 0. The molecule has 0 saturated heterocycles. The molecule has 0 atom stereocenters. The van der Waals surface area contributed by atoms with E-state index in [9.17, 15) is 0 Å².